The molecule has 0 N–H and O–H groups in total. The van der Waals surface area contributed by atoms with Gasteiger partial charge in [0.2, 0.25) is 11.8 Å². The molecule has 130 valence electrons. The van der Waals surface area contributed by atoms with Crippen molar-refractivity contribution in [2.24, 2.45) is 11.8 Å². The van der Waals surface area contributed by atoms with Crippen LogP contribution >= 0.6 is 0 Å². The summed E-state index contributed by atoms with van der Waals surface area (Å²) in [6.07, 6.45) is 1.03. The molecule has 0 aromatic heterocycles. The van der Waals surface area contributed by atoms with Crippen LogP contribution in [0.25, 0.3) is 0 Å². The number of fused-ring (bicyclic) bond motifs is 1. The molecule has 2 aromatic carbocycles. The summed E-state index contributed by atoms with van der Waals surface area (Å²) in [5, 5.41) is 0. The molecule has 6 rings (SSSR count). The first-order valence-electron chi connectivity index (χ1n) is 9.17. The Morgan fingerprint density at radius 3 is 2.23 bits per heavy atom. The first kappa shape index (κ1) is 15.5. The van der Waals surface area contributed by atoms with Gasteiger partial charge in [-0.3, -0.25) is 19.3 Å². The lowest BCUT2D eigenvalue weighted by Gasteiger charge is -2.43. The summed E-state index contributed by atoms with van der Waals surface area (Å²) in [7, 11) is 0. The van der Waals surface area contributed by atoms with E-state index in [1.54, 1.807) is 0 Å². The summed E-state index contributed by atoms with van der Waals surface area (Å²) >= 11 is 0. The molecule has 0 unspecified atom stereocenters. The summed E-state index contributed by atoms with van der Waals surface area (Å²) in [5.41, 5.74) is 3.15. The predicted molar refractivity (Wildman–Crippen MR) is 95.4 cm³/mol. The third kappa shape index (κ3) is 2.05. The van der Waals surface area contributed by atoms with Crippen molar-refractivity contribution in [1.29, 1.82) is 0 Å². The minimum absolute atomic E-state index is 0.0899. The number of nitrogens with zero attached hydrogens (tertiary/aromatic N) is 1. The normalized spacial score (nSPS) is 29.1. The van der Waals surface area contributed by atoms with Gasteiger partial charge in [0.25, 0.3) is 0 Å². The molecule has 0 spiro atoms. The first-order chi connectivity index (χ1) is 12.7. The highest BCUT2D eigenvalue weighted by Crippen LogP contribution is 2.57. The maximum Gasteiger partial charge on any atom is 0.234 e. The van der Waals surface area contributed by atoms with Crippen molar-refractivity contribution in [2.45, 2.75) is 24.7 Å². The highest BCUT2D eigenvalue weighted by atomic mass is 16.2. The molecule has 4 atom stereocenters. The van der Waals surface area contributed by atoms with Gasteiger partial charge < -0.3 is 0 Å². The van der Waals surface area contributed by atoms with Crippen LogP contribution in [0.2, 0.25) is 0 Å². The Morgan fingerprint density at radius 1 is 0.808 bits per heavy atom. The van der Waals surface area contributed by atoms with Gasteiger partial charge in [0, 0.05) is 18.9 Å². The number of benzene rings is 2. The Morgan fingerprint density at radius 2 is 1.46 bits per heavy atom. The molecule has 2 fully saturated rings. The fourth-order valence-corrected chi connectivity index (χ4v) is 5.13. The zero-order chi connectivity index (χ0) is 17.8. The molecule has 0 radical (unpaired) electrons. The Labute approximate surface area is 151 Å². The van der Waals surface area contributed by atoms with Crippen molar-refractivity contribution in [3.8, 4) is 0 Å². The Bertz CT molecular complexity index is 920. The highest BCUT2D eigenvalue weighted by Gasteiger charge is 2.62. The quantitative estimate of drug-likeness (QED) is 0.804. The number of rotatable bonds is 3. The van der Waals surface area contributed by atoms with Crippen LogP contribution in [0, 0.1) is 11.8 Å². The average molecular weight is 345 g/mol. The number of likely N-dealkylation sites (tertiary alicyclic amines) is 1. The van der Waals surface area contributed by atoms with Crippen LogP contribution in [0.4, 0.5) is 0 Å². The van der Waals surface area contributed by atoms with Crippen molar-refractivity contribution in [1.82, 2.24) is 4.90 Å². The summed E-state index contributed by atoms with van der Waals surface area (Å²) < 4.78 is 0. The third-order valence-electron chi connectivity index (χ3n) is 6.25. The minimum Gasteiger partial charge on any atom is -0.299 e. The van der Waals surface area contributed by atoms with Gasteiger partial charge in [0.1, 0.15) is 5.78 Å². The van der Waals surface area contributed by atoms with E-state index < -0.39 is 11.8 Å². The number of hydrogen-bond acceptors (Lipinski definition) is 3. The lowest BCUT2D eigenvalue weighted by molar-refractivity contribution is -0.140. The van der Waals surface area contributed by atoms with Gasteiger partial charge in [-0.1, -0.05) is 54.6 Å². The summed E-state index contributed by atoms with van der Waals surface area (Å²) in [5.74, 6) is -1.59. The van der Waals surface area contributed by atoms with Gasteiger partial charge in [0.05, 0.1) is 17.8 Å². The van der Waals surface area contributed by atoms with Crippen molar-refractivity contribution < 1.29 is 14.4 Å². The lowest BCUT2D eigenvalue weighted by Crippen LogP contribution is -2.44. The monoisotopic (exact) mass is 345 g/mol. The second-order valence-corrected chi connectivity index (χ2v) is 7.50. The maximum atomic E-state index is 13.1. The molecule has 4 heteroatoms. The third-order valence-corrected chi connectivity index (χ3v) is 6.25. The SMILES string of the molecule is O=C1C[C@H]2c3ccccc3[C@H]1[C@@H]1C(=O)N(CCc3ccccc3)C(=O)[C@H]12. The van der Waals surface area contributed by atoms with Crippen LogP contribution in [0.1, 0.15) is 34.9 Å². The van der Waals surface area contributed by atoms with E-state index in [0.717, 1.165) is 16.7 Å². The molecular formula is C22H19NO3. The fourth-order valence-electron chi connectivity index (χ4n) is 5.13. The largest absolute Gasteiger partial charge is 0.299 e. The number of ketones is 1. The zero-order valence-corrected chi connectivity index (χ0v) is 14.3. The van der Waals surface area contributed by atoms with Crippen LogP contribution in [0.15, 0.2) is 54.6 Å². The second kappa shape index (κ2) is 5.63. The average Bonchev–Trinajstić information content (AvgIpc) is 2.93. The van der Waals surface area contributed by atoms with E-state index in [1.807, 2.05) is 54.6 Å². The van der Waals surface area contributed by atoms with Gasteiger partial charge in [0.15, 0.2) is 0 Å². The number of hydrogen-bond donors (Lipinski definition) is 0. The number of carbonyl (C=O) groups excluding carboxylic acids is 3. The maximum absolute atomic E-state index is 13.1. The molecule has 2 aromatic rings. The number of amides is 2. The summed E-state index contributed by atoms with van der Waals surface area (Å²) in [6, 6.07) is 17.7. The van der Waals surface area contributed by atoms with Crippen molar-refractivity contribution in [2.75, 3.05) is 6.54 Å². The standard InChI is InChI=1S/C22H19NO3/c24-17-12-16-14-8-4-5-9-15(14)18(17)20-19(16)21(25)23(22(20)26)11-10-13-6-2-1-3-7-13/h1-9,16,18-20H,10-12H2/t16-,18+,19-,20-/m0/s1. The van der Waals surface area contributed by atoms with Gasteiger partial charge in [-0.25, -0.2) is 0 Å². The molecule has 4 nitrogen and oxygen atoms in total. The van der Waals surface area contributed by atoms with Gasteiger partial charge in [-0.2, -0.15) is 0 Å². The first-order valence-corrected chi connectivity index (χ1v) is 9.17. The van der Waals surface area contributed by atoms with E-state index in [0.29, 0.717) is 19.4 Å². The molecule has 2 amide bonds. The molecule has 1 saturated carbocycles. The molecular weight excluding hydrogens is 326 g/mol. The van der Waals surface area contributed by atoms with E-state index >= 15 is 0 Å². The molecule has 3 aliphatic carbocycles. The van der Waals surface area contributed by atoms with Crippen molar-refractivity contribution >= 4 is 17.6 Å². The number of Topliss-reactive ketones (excluding diaryl/α,β-unsaturated/α-hetero) is 1. The molecule has 2 bridgehead atoms. The molecule has 1 aliphatic heterocycles. The summed E-state index contributed by atoms with van der Waals surface area (Å²) in [6.45, 7) is 0.388. The van der Waals surface area contributed by atoms with Crippen LogP contribution in [0.3, 0.4) is 0 Å². The Kier molecular flexibility index (Phi) is 3.36. The second-order valence-electron chi connectivity index (χ2n) is 7.50. The van der Waals surface area contributed by atoms with E-state index in [-0.39, 0.29) is 29.4 Å². The Hall–Kier alpha value is -2.75. The summed E-state index contributed by atoms with van der Waals surface area (Å²) in [4.78, 5) is 40.2. The lowest BCUT2D eigenvalue weighted by atomic mass is 9.56. The number of carbonyl (C=O) groups is 3. The van der Waals surface area contributed by atoms with E-state index in [4.69, 9.17) is 0 Å². The van der Waals surface area contributed by atoms with Crippen LogP contribution in [-0.4, -0.2) is 29.0 Å². The zero-order valence-electron chi connectivity index (χ0n) is 14.3. The Balaban J connectivity index is 1.48. The smallest absolute Gasteiger partial charge is 0.234 e. The van der Waals surface area contributed by atoms with Gasteiger partial charge >= 0.3 is 0 Å². The highest BCUT2D eigenvalue weighted by molar-refractivity contribution is 6.11. The predicted octanol–water partition coefficient (Wildman–Crippen LogP) is 2.68. The van der Waals surface area contributed by atoms with E-state index in [9.17, 15) is 14.4 Å². The van der Waals surface area contributed by atoms with E-state index in [2.05, 4.69) is 0 Å². The molecule has 1 saturated heterocycles. The molecule has 1 heterocycles. The molecule has 4 aliphatic rings. The van der Waals surface area contributed by atoms with Crippen LogP contribution < -0.4 is 0 Å². The van der Waals surface area contributed by atoms with Crippen LogP contribution in [-0.2, 0) is 20.8 Å². The van der Waals surface area contributed by atoms with Crippen molar-refractivity contribution in [3.63, 3.8) is 0 Å². The van der Waals surface area contributed by atoms with Gasteiger partial charge in [-0.15, -0.1) is 0 Å². The van der Waals surface area contributed by atoms with E-state index in [1.165, 1.54) is 4.90 Å². The molecule has 26 heavy (non-hydrogen) atoms. The number of imide groups is 1. The van der Waals surface area contributed by atoms with Crippen molar-refractivity contribution in [3.05, 3.63) is 71.3 Å². The minimum atomic E-state index is -0.501. The van der Waals surface area contributed by atoms with Crippen LogP contribution in [0.5, 0.6) is 0 Å². The van der Waals surface area contributed by atoms with Gasteiger partial charge in [-0.05, 0) is 23.1 Å². The fraction of sp³-hybridized carbons (Fsp3) is 0.318. The topological polar surface area (TPSA) is 54.5 Å².